The van der Waals surface area contributed by atoms with Gasteiger partial charge in [-0.1, -0.05) is 40.2 Å². The van der Waals surface area contributed by atoms with Crippen LogP contribution in [0.3, 0.4) is 0 Å². The normalized spacial score (nSPS) is 11.1. The molecule has 0 saturated carbocycles. The van der Waals surface area contributed by atoms with Crippen molar-refractivity contribution in [3.63, 3.8) is 0 Å². The Bertz CT molecular complexity index is 1020. The number of allylic oxidation sites excluding steroid dienone is 1. The number of furan rings is 1. The summed E-state index contributed by atoms with van der Waals surface area (Å²) in [6.07, 6.45) is 1.57. The van der Waals surface area contributed by atoms with Crippen molar-refractivity contribution in [3.8, 4) is 17.4 Å². The second-order valence-corrected chi connectivity index (χ2v) is 6.11. The van der Waals surface area contributed by atoms with Crippen molar-refractivity contribution in [1.29, 1.82) is 5.26 Å². The van der Waals surface area contributed by atoms with Gasteiger partial charge < -0.3 is 4.42 Å². The number of hydrogen-bond acceptors (Lipinski definition) is 4. The number of nitro benzene ring substituents is 1. The van der Waals surface area contributed by atoms with Gasteiger partial charge in [-0.25, -0.2) is 0 Å². The van der Waals surface area contributed by atoms with Crippen molar-refractivity contribution >= 4 is 33.3 Å². The SMILES string of the molecule is N#C/C(=C/c1ccc(-c2cccc(Br)c2)o1)c1cccc([N+](=O)[O-])c1. The van der Waals surface area contributed by atoms with E-state index in [0.29, 0.717) is 22.7 Å². The van der Waals surface area contributed by atoms with Crippen LogP contribution in [0.25, 0.3) is 23.0 Å². The summed E-state index contributed by atoms with van der Waals surface area (Å²) >= 11 is 3.42. The van der Waals surface area contributed by atoms with Gasteiger partial charge >= 0.3 is 0 Å². The molecule has 0 fully saturated rings. The van der Waals surface area contributed by atoms with Crippen molar-refractivity contribution in [2.75, 3.05) is 0 Å². The van der Waals surface area contributed by atoms with E-state index in [1.54, 1.807) is 24.3 Å². The van der Waals surface area contributed by atoms with Crippen LogP contribution in [0.1, 0.15) is 11.3 Å². The summed E-state index contributed by atoms with van der Waals surface area (Å²) in [7, 11) is 0. The van der Waals surface area contributed by atoms with Gasteiger partial charge in [0.25, 0.3) is 5.69 Å². The molecule has 3 rings (SSSR count). The van der Waals surface area contributed by atoms with Crippen LogP contribution < -0.4 is 0 Å². The van der Waals surface area contributed by atoms with Crippen molar-refractivity contribution in [3.05, 3.63) is 86.6 Å². The molecule has 122 valence electrons. The monoisotopic (exact) mass is 394 g/mol. The molecule has 6 heteroatoms. The van der Waals surface area contributed by atoms with E-state index in [0.717, 1.165) is 10.0 Å². The first kappa shape index (κ1) is 16.7. The minimum Gasteiger partial charge on any atom is -0.457 e. The third kappa shape index (κ3) is 3.84. The number of nitrogens with zero attached hydrogens (tertiary/aromatic N) is 2. The molecule has 0 amide bonds. The molecule has 0 aliphatic heterocycles. The van der Waals surface area contributed by atoms with Gasteiger partial charge in [-0.05, 0) is 35.9 Å². The summed E-state index contributed by atoms with van der Waals surface area (Å²) < 4.78 is 6.71. The zero-order chi connectivity index (χ0) is 17.8. The van der Waals surface area contributed by atoms with E-state index in [2.05, 4.69) is 22.0 Å². The Labute approximate surface area is 152 Å². The number of benzene rings is 2. The van der Waals surface area contributed by atoms with Gasteiger partial charge in [-0.2, -0.15) is 5.26 Å². The summed E-state index contributed by atoms with van der Waals surface area (Å²) in [6.45, 7) is 0. The van der Waals surface area contributed by atoms with E-state index in [4.69, 9.17) is 4.42 Å². The molecule has 2 aromatic carbocycles. The lowest BCUT2D eigenvalue weighted by Gasteiger charge is -1.99. The molecule has 25 heavy (non-hydrogen) atoms. The second kappa shape index (κ2) is 7.16. The lowest BCUT2D eigenvalue weighted by Crippen LogP contribution is -1.89. The summed E-state index contributed by atoms with van der Waals surface area (Å²) in [6, 6.07) is 19.3. The first-order valence-corrected chi connectivity index (χ1v) is 8.08. The molecule has 0 spiro atoms. The highest BCUT2D eigenvalue weighted by atomic mass is 79.9. The van der Waals surface area contributed by atoms with Crippen LogP contribution in [-0.2, 0) is 0 Å². The minimum absolute atomic E-state index is 0.0621. The number of hydrogen-bond donors (Lipinski definition) is 0. The van der Waals surface area contributed by atoms with Gasteiger partial charge in [-0.15, -0.1) is 0 Å². The molecular formula is C19H11BrN2O3. The molecule has 0 atom stereocenters. The van der Waals surface area contributed by atoms with Gasteiger partial charge in [0, 0.05) is 22.2 Å². The number of rotatable bonds is 4. The Hall–Kier alpha value is -3.17. The summed E-state index contributed by atoms with van der Waals surface area (Å²) in [5, 5.41) is 20.3. The largest absolute Gasteiger partial charge is 0.457 e. The van der Waals surface area contributed by atoms with Crippen LogP contribution in [0.15, 0.2) is 69.6 Å². The molecule has 0 unspecified atom stereocenters. The van der Waals surface area contributed by atoms with Gasteiger partial charge in [0.1, 0.15) is 11.5 Å². The first-order valence-electron chi connectivity index (χ1n) is 7.29. The number of nitro groups is 1. The molecule has 5 nitrogen and oxygen atoms in total. The Kier molecular flexibility index (Phi) is 4.78. The maximum Gasteiger partial charge on any atom is 0.270 e. The molecular weight excluding hydrogens is 384 g/mol. The lowest BCUT2D eigenvalue weighted by molar-refractivity contribution is -0.384. The van der Waals surface area contributed by atoms with E-state index < -0.39 is 4.92 Å². The molecule has 0 N–H and O–H groups in total. The quantitative estimate of drug-likeness (QED) is 0.323. The van der Waals surface area contributed by atoms with Crippen molar-refractivity contribution in [1.82, 2.24) is 0 Å². The average Bonchev–Trinajstić information content (AvgIpc) is 3.08. The predicted octanol–water partition coefficient (Wildman–Crippen LogP) is 5.68. The Morgan fingerprint density at radius 1 is 1.16 bits per heavy atom. The number of nitriles is 1. The molecule has 0 aliphatic rings. The van der Waals surface area contributed by atoms with Gasteiger partial charge in [0.05, 0.1) is 16.6 Å². The fourth-order valence-corrected chi connectivity index (χ4v) is 2.74. The summed E-state index contributed by atoms with van der Waals surface area (Å²) in [5.74, 6) is 1.17. The van der Waals surface area contributed by atoms with Crippen LogP contribution >= 0.6 is 15.9 Å². The minimum atomic E-state index is -0.489. The highest BCUT2D eigenvalue weighted by molar-refractivity contribution is 9.10. The fraction of sp³-hybridized carbons (Fsp3) is 0. The zero-order valence-electron chi connectivity index (χ0n) is 12.8. The van der Waals surface area contributed by atoms with E-state index in [-0.39, 0.29) is 5.69 Å². The van der Waals surface area contributed by atoms with E-state index in [9.17, 15) is 15.4 Å². The topological polar surface area (TPSA) is 80.1 Å². The summed E-state index contributed by atoms with van der Waals surface area (Å²) in [5.41, 5.74) is 1.60. The Balaban J connectivity index is 1.95. The third-order valence-electron chi connectivity index (χ3n) is 3.51. The van der Waals surface area contributed by atoms with Crippen molar-refractivity contribution < 1.29 is 9.34 Å². The molecule has 1 heterocycles. The second-order valence-electron chi connectivity index (χ2n) is 5.19. The van der Waals surface area contributed by atoms with Gasteiger partial charge in [0.2, 0.25) is 0 Å². The molecule has 3 aromatic rings. The Morgan fingerprint density at radius 2 is 1.96 bits per heavy atom. The van der Waals surface area contributed by atoms with E-state index in [1.165, 1.54) is 12.1 Å². The number of non-ortho nitro benzene ring substituents is 1. The first-order chi connectivity index (χ1) is 12.1. The standard InChI is InChI=1S/C19H11BrN2O3/c20-16-5-1-4-14(9-16)19-8-7-18(25-19)11-15(12-21)13-3-2-6-17(10-13)22(23)24/h1-11H/b15-11-. The van der Waals surface area contributed by atoms with Crippen LogP contribution in [-0.4, -0.2) is 4.92 Å². The van der Waals surface area contributed by atoms with Crippen LogP contribution in [0, 0.1) is 21.4 Å². The summed E-state index contributed by atoms with van der Waals surface area (Å²) in [4.78, 5) is 10.4. The molecule has 0 bridgehead atoms. The molecule has 0 aliphatic carbocycles. The van der Waals surface area contributed by atoms with E-state index >= 15 is 0 Å². The maximum absolute atomic E-state index is 10.9. The van der Waals surface area contributed by atoms with Crippen LogP contribution in [0.4, 0.5) is 5.69 Å². The number of halogens is 1. The van der Waals surface area contributed by atoms with Crippen molar-refractivity contribution in [2.45, 2.75) is 0 Å². The highest BCUT2D eigenvalue weighted by Gasteiger charge is 2.10. The maximum atomic E-state index is 10.9. The van der Waals surface area contributed by atoms with Gasteiger partial charge in [-0.3, -0.25) is 10.1 Å². The van der Waals surface area contributed by atoms with Crippen LogP contribution in [0.5, 0.6) is 0 Å². The predicted molar refractivity (Wildman–Crippen MR) is 98.4 cm³/mol. The zero-order valence-corrected chi connectivity index (χ0v) is 14.4. The fourth-order valence-electron chi connectivity index (χ4n) is 2.34. The van der Waals surface area contributed by atoms with Crippen LogP contribution in [0.2, 0.25) is 0 Å². The lowest BCUT2D eigenvalue weighted by atomic mass is 10.1. The Morgan fingerprint density at radius 3 is 2.68 bits per heavy atom. The highest BCUT2D eigenvalue weighted by Crippen LogP contribution is 2.27. The average molecular weight is 395 g/mol. The smallest absolute Gasteiger partial charge is 0.270 e. The van der Waals surface area contributed by atoms with Crippen molar-refractivity contribution in [2.24, 2.45) is 0 Å². The molecule has 0 radical (unpaired) electrons. The molecule has 1 aromatic heterocycles. The molecule has 0 saturated heterocycles. The third-order valence-corrected chi connectivity index (χ3v) is 4.00. The van der Waals surface area contributed by atoms with E-state index in [1.807, 2.05) is 30.3 Å². The van der Waals surface area contributed by atoms with Gasteiger partial charge in [0.15, 0.2) is 0 Å².